The van der Waals surface area contributed by atoms with Gasteiger partial charge in [0, 0.05) is 48.5 Å². The molecule has 0 amide bonds. The summed E-state index contributed by atoms with van der Waals surface area (Å²) in [5, 5.41) is 15.5. The lowest BCUT2D eigenvalue weighted by atomic mass is 10.0. The maximum atomic E-state index is 11.3. The second-order valence-corrected chi connectivity index (χ2v) is 7.74. The number of fused-ring (bicyclic) bond motifs is 1. The summed E-state index contributed by atoms with van der Waals surface area (Å²) in [6, 6.07) is 19.8. The average Bonchev–Trinajstić information content (AvgIpc) is 2.93. The van der Waals surface area contributed by atoms with Crippen LogP contribution in [0.1, 0.15) is 17.2 Å². The van der Waals surface area contributed by atoms with Crippen molar-refractivity contribution in [3.63, 3.8) is 0 Å². The van der Waals surface area contributed by atoms with Crippen molar-refractivity contribution < 1.29 is 9.66 Å². The van der Waals surface area contributed by atoms with E-state index < -0.39 is 4.92 Å². The third-order valence-electron chi connectivity index (χ3n) is 5.21. The zero-order chi connectivity index (χ0) is 21.8. The lowest BCUT2D eigenvalue weighted by Gasteiger charge is -2.19. The summed E-state index contributed by atoms with van der Waals surface area (Å²) in [5.74, 6) is 1.13. The van der Waals surface area contributed by atoms with Gasteiger partial charge in [0.05, 0.1) is 11.0 Å². The van der Waals surface area contributed by atoms with Crippen LogP contribution in [0.4, 0.5) is 11.4 Å². The highest BCUT2D eigenvalue weighted by Crippen LogP contribution is 2.33. The Kier molecular flexibility index (Phi) is 7.75. The number of nitrogens with one attached hydrogen (secondary N) is 1. The molecule has 0 saturated heterocycles. The molecule has 1 aliphatic heterocycles. The van der Waals surface area contributed by atoms with Crippen LogP contribution in [-0.2, 0) is 0 Å². The maximum absolute atomic E-state index is 11.3. The van der Waals surface area contributed by atoms with Gasteiger partial charge in [-0.25, -0.2) is 0 Å². The maximum Gasteiger partial charge on any atom is 0.270 e. The second-order valence-electron chi connectivity index (χ2n) is 7.31. The fourth-order valence-electron chi connectivity index (χ4n) is 3.59. The highest BCUT2D eigenvalue weighted by Gasteiger charge is 2.19. The molecule has 8 heteroatoms. The van der Waals surface area contributed by atoms with Crippen molar-refractivity contribution in [3.8, 4) is 11.5 Å². The van der Waals surface area contributed by atoms with E-state index in [1.807, 2.05) is 24.3 Å². The van der Waals surface area contributed by atoms with Crippen molar-refractivity contribution in [2.24, 2.45) is 0 Å². The zero-order valence-corrected chi connectivity index (χ0v) is 19.0. The van der Waals surface area contributed by atoms with Crippen molar-refractivity contribution in [3.05, 3.63) is 99.1 Å². The van der Waals surface area contributed by atoms with Crippen LogP contribution in [0, 0.1) is 10.1 Å². The molecule has 1 N–H and O–H groups in total. The Morgan fingerprint density at radius 2 is 1.91 bits per heavy atom. The minimum absolute atomic E-state index is 0. The SMILES string of the molecule is CN1CCNC(C=Cc2cc([N+](=O)[O-])ccc2Oc2ccc(Cl)cc2)c2ccccc21.Cl. The number of ether oxygens (including phenoxy) is 1. The minimum Gasteiger partial charge on any atom is -0.457 e. The van der Waals surface area contributed by atoms with E-state index in [2.05, 4.69) is 29.4 Å². The molecule has 0 spiro atoms. The van der Waals surface area contributed by atoms with Gasteiger partial charge in [0.15, 0.2) is 0 Å². The molecule has 0 aliphatic carbocycles. The van der Waals surface area contributed by atoms with E-state index in [0.29, 0.717) is 22.1 Å². The van der Waals surface area contributed by atoms with Crippen LogP contribution < -0.4 is 15.0 Å². The van der Waals surface area contributed by atoms with E-state index in [0.717, 1.165) is 18.7 Å². The van der Waals surface area contributed by atoms with Crippen LogP contribution in [0.15, 0.2) is 72.8 Å². The molecule has 1 atom stereocenters. The fraction of sp³-hybridized carbons (Fsp3) is 0.167. The van der Waals surface area contributed by atoms with Crippen molar-refractivity contribution in [1.29, 1.82) is 0 Å². The molecular weight excluding hydrogens is 449 g/mol. The molecule has 166 valence electrons. The number of halogens is 2. The summed E-state index contributed by atoms with van der Waals surface area (Å²) >= 11 is 5.95. The molecule has 3 aromatic carbocycles. The number of hydrogen-bond donors (Lipinski definition) is 1. The second kappa shape index (κ2) is 10.5. The first kappa shape index (κ1) is 23.6. The summed E-state index contributed by atoms with van der Waals surface area (Å²) < 4.78 is 5.99. The molecule has 6 nitrogen and oxygen atoms in total. The Morgan fingerprint density at radius 1 is 1.16 bits per heavy atom. The molecule has 1 heterocycles. The van der Waals surface area contributed by atoms with Crippen LogP contribution in [-0.4, -0.2) is 25.1 Å². The number of anilines is 1. The van der Waals surface area contributed by atoms with Gasteiger partial charge in [-0.3, -0.25) is 10.1 Å². The number of rotatable bonds is 5. The molecule has 0 bridgehead atoms. The summed E-state index contributed by atoms with van der Waals surface area (Å²) in [6.07, 6.45) is 3.89. The number of likely N-dealkylation sites (N-methyl/N-ethyl adjacent to an activating group) is 1. The Labute approximate surface area is 198 Å². The van der Waals surface area contributed by atoms with Gasteiger partial charge in [-0.2, -0.15) is 0 Å². The Hall–Kier alpha value is -3.06. The molecule has 0 aromatic heterocycles. The molecule has 0 fully saturated rings. The molecular formula is C24H23Cl2N3O3. The van der Waals surface area contributed by atoms with Crippen molar-refractivity contribution in [2.45, 2.75) is 6.04 Å². The van der Waals surface area contributed by atoms with E-state index in [1.54, 1.807) is 30.3 Å². The third kappa shape index (κ3) is 5.40. The minimum atomic E-state index is -0.405. The Bertz CT molecular complexity index is 1120. The highest BCUT2D eigenvalue weighted by atomic mass is 35.5. The van der Waals surface area contributed by atoms with Gasteiger partial charge in [-0.05, 0) is 42.0 Å². The van der Waals surface area contributed by atoms with Gasteiger partial charge >= 0.3 is 0 Å². The Balaban J connectivity index is 0.00000289. The van der Waals surface area contributed by atoms with Crippen LogP contribution in [0.5, 0.6) is 11.5 Å². The van der Waals surface area contributed by atoms with Gasteiger partial charge < -0.3 is 15.0 Å². The van der Waals surface area contributed by atoms with Crippen molar-refractivity contribution in [2.75, 3.05) is 25.0 Å². The summed E-state index contributed by atoms with van der Waals surface area (Å²) in [6.45, 7) is 1.71. The number of benzene rings is 3. The molecule has 1 unspecified atom stereocenters. The van der Waals surface area contributed by atoms with Crippen molar-refractivity contribution >= 4 is 41.5 Å². The third-order valence-corrected chi connectivity index (χ3v) is 5.46. The van der Waals surface area contributed by atoms with Gasteiger partial charge in [-0.1, -0.05) is 42.0 Å². The predicted molar refractivity (Wildman–Crippen MR) is 131 cm³/mol. The quantitative estimate of drug-likeness (QED) is 0.351. The number of nitro benzene ring substituents is 1. The molecule has 3 aromatic rings. The Morgan fingerprint density at radius 3 is 2.66 bits per heavy atom. The summed E-state index contributed by atoms with van der Waals surface area (Å²) in [7, 11) is 2.07. The number of hydrogen-bond acceptors (Lipinski definition) is 5. The van der Waals surface area contributed by atoms with Gasteiger partial charge in [0.1, 0.15) is 11.5 Å². The normalized spacial score (nSPS) is 15.6. The van der Waals surface area contributed by atoms with Gasteiger partial charge in [-0.15, -0.1) is 12.4 Å². The van der Waals surface area contributed by atoms with Crippen LogP contribution in [0.2, 0.25) is 5.02 Å². The number of nitrogens with zero attached hydrogens (tertiary/aromatic N) is 2. The monoisotopic (exact) mass is 471 g/mol. The predicted octanol–water partition coefficient (Wildman–Crippen LogP) is 6.26. The van der Waals surface area contributed by atoms with E-state index in [-0.39, 0.29) is 24.1 Å². The van der Waals surface area contributed by atoms with Crippen LogP contribution >= 0.6 is 24.0 Å². The molecule has 0 saturated carbocycles. The molecule has 4 rings (SSSR count). The molecule has 1 aliphatic rings. The average molecular weight is 472 g/mol. The standard InChI is InChI=1S/C24H22ClN3O3.ClH/c1-27-15-14-26-22(21-4-2-3-5-23(21)27)12-6-17-16-19(28(29)30)9-13-24(17)31-20-10-7-18(25)8-11-20;/h2-13,16,22,26H,14-15H2,1H3;1H. The highest BCUT2D eigenvalue weighted by molar-refractivity contribution is 6.30. The lowest BCUT2D eigenvalue weighted by Crippen LogP contribution is -2.25. The molecule has 0 radical (unpaired) electrons. The number of nitro groups is 1. The number of non-ortho nitro benzene ring substituents is 1. The van der Waals surface area contributed by atoms with E-state index in [1.165, 1.54) is 17.8 Å². The van der Waals surface area contributed by atoms with Crippen LogP contribution in [0.25, 0.3) is 6.08 Å². The van der Waals surface area contributed by atoms with Gasteiger partial charge in [0.2, 0.25) is 0 Å². The topological polar surface area (TPSA) is 67.6 Å². The van der Waals surface area contributed by atoms with Gasteiger partial charge in [0.25, 0.3) is 5.69 Å². The smallest absolute Gasteiger partial charge is 0.270 e. The lowest BCUT2D eigenvalue weighted by molar-refractivity contribution is -0.384. The molecule has 32 heavy (non-hydrogen) atoms. The summed E-state index contributed by atoms with van der Waals surface area (Å²) in [5.41, 5.74) is 2.96. The summed E-state index contributed by atoms with van der Waals surface area (Å²) in [4.78, 5) is 13.1. The first-order valence-corrected chi connectivity index (χ1v) is 10.3. The zero-order valence-electron chi connectivity index (χ0n) is 17.4. The van der Waals surface area contributed by atoms with E-state index in [9.17, 15) is 10.1 Å². The largest absolute Gasteiger partial charge is 0.457 e. The van der Waals surface area contributed by atoms with Crippen LogP contribution in [0.3, 0.4) is 0 Å². The first-order valence-electron chi connectivity index (χ1n) is 9.95. The first-order chi connectivity index (χ1) is 15.0. The number of para-hydroxylation sites is 1. The van der Waals surface area contributed by atoms with E-state index in [4.69, 9.17) is 16.3 Å². The fourth-order valence-corrected chi connectivity index (χ4v) is 3.72. The van der Waals surface area contributed by atoms with E-state index >= 15 is 0 Å². The van der Waals surface area contributed by atoms with Crippen molar-refractivity contribution in [1.82, 2.24) is 5.32 Å².